The van der Waals surface area contributed by atoms with Crippen LogP contribution in [0.25, 0.3) is 0 Å². The van der Waals surface area contributed by atoms with E-state index >= 15 is 0 Å². The van der Waals surface area contributed by atoms with Gasteiger partial charge < -0.3 is 9.47 Å². The van der Waals surface area contributed by atoms with Crippen molar-refractivity contribution in [3.63, 3.8) is 0 Å². The minimum Gasteiger partial charge on any atom is -0.462 e. The Kier molecular flexibility index (Phi) is 11.5. The highest BCUT2D eigenvalue weighted by Crippen LogP contribution is 2.37. The van der Waals surface area contributed by atoms with Gasteiger partial charge in [-0.25, -0.2) is 9.59 Å². The summed E-state index contributed by atoms with van der Waals surface area (Å²) in [6.45, 7) is 7.30. The average Bonchev–Trinajstić information content (AvgIpc) is 2.76. The van der Waals surface area contributed by atoms with Crippen LogP contribution >= 0.6 is 58.5 Å². The largest absolute Gasteiger partial charge is 0.462 e. The van der Waals surface area contributed by atoms with E-state index in [9.17, 15) is 9.59 Å². The Morgan fingerprint density at radius 2 is 1.23 bits per heavy atom. The Morgan fingerprint density at radius 1 is 0.806 bits per heavy atom. The van der Waals surface area contributed by atoms with Crippen LogP contribution < -0.4 is 0 Å². The fraction of sp³-hybridized carbons (Fsp3) is 0.182. The molecule has 0 atom stereocenters. The number of carbonyl (C=O) groups is 2. The van der Waals surface area contributed by atoms with E-state index in [1.165, 1.54) is 23.5 Å². The number of halogens is 2. The molecule has 0 bridgehead atoms. The predicted molar refractivity (Wildman–Crippen MR) is 131 cm³/mol. The Balaban J connectivity index is 1.87. The molecule has 4 nitrogen and oxygen atoms in total. The second-order valence-electron chi connectivity index (χ2n) is 5.73. The fourth-order valence-corrected chi connectivity index (χ4v) is 5.38. The molecule has 9 heteroatoms. The van der Waals surface area contributed by atoms with Crippen LogP contribution in [-0.2, 0) is 19.1 Å². The van der Waals surface area contributed by atoms with E-state index < -0.39 is 11.9 Å². The van der Waals surface area contributed by atoms with Gasteiger partial charge in [0.15, 0.2) is 0 Å². The standard InChI is InChI=1S/C22H20Cl2O4S3/c1-3-21(25)27-9-11-29-19-7-5-15(13-17(19)23)31-16-6-8-20(18(24)14-16)30-12-10-28-22(26)4-2/h3-8,13-14H,1-2,9-12H2. The van der Waals surface area contributed by atoms with Gasteiger partial charge in [-0.15, -0.1) is 23.5 Å². The van der Waals surface area contributed by atoms with E-state index in [1.54, 1.807) is 11.8 Å². The van der Waals surface area contributed by atoms with Crippen molar-refractivity contribution in [2.45, 2.75) is 19.6 Å². The Morgan fingerprint density at radius 3 is 1.58 bits per heavy atom. The summed E-state index contributed by atoms with van der Waals surface area (Å²) in [5.74, 6) is 0.344. The van der Waals surface area contributed by atoms with Gasteiger partial charge in [0.25, 0.3) is 0 Å². The molecule has 0 aliphatic heterocycles. The van der Waals surface area contributed by atoms with Crippen molar-refractivity contribution >= 4 is 70.4 Å². The average molecular weight is 516 g/mol. The molecule has 0 amide bonds. The lowest BCUT2D eigenvalue weighted by molar-refractivity contribution is -0.138. The Labute approximate surface area is 204 Å². The van der Waals surface area contributed by atoms with Crippen LogP contribution in [0, 0.1) is 0 Å². The molecular formula is C22H20Cl2O4S3. The van der Waals surface area contributed by atoms with Gasteiger partial charge >= 0.3 is 11.9 Å². The number of hydrogen-bond acceptors (Lipinski definition) is 7. The van der Waals surface area contributed by atoms with Gasteiger partial charge in [-0.3, -0.25) is 0 Å². The number of thioether (sulfide) groups is 2. The van der Waals surface area contributed by atoms with Gasteiger partial charge in [-0.1, -0.05) is 48.1 Å². The lowest BCUT2D eigenvalue weighted by Crippen LogP contribution is -2.03. The molecule has 2 aromatic carbocycles. The highest BCUT2D eigenvalue weighted by atomic mass is 35.5. The number of ether oxygens (including phenoxy) is 2. The molecule has 2 aromatic rings. The van der Waals surface area contributed by atoms with Crippen molar-refractivity contribution in [3.05, 3.63) is 71.8 Å². The molecule has 0 spiro atoms. The van der Waals surface area contributed by atoms with Crippen LogP contribution in [0.4, 0.5) is 0 Å². The Bertz CT molecular complexity index is 875. The molecule has 164 valence electrons. The molecule has 0 radical (unpaired) electrons. The first-order chi connectivity index (χ1) is 14.9. The first-order valence-corrected chi connectivity index (χ1v) is 12.6. The molecule has 0 unspecified atom stereocenters. The van der Waals surface area contributed by atoms with Crippen LogP contribution in [-0.4, -0.2) is 36.7 Å². The van der Waals surface area contributed by atoms with E-state index in [-0.39, 0.29) is 0 Å². The molecule has 0 fully saturated rings. The van der Waals surface area contributed by atoms with E-state index in [4.69, 9.17) is 32.7 Å². The number of hydrogen-bond donors (Lipinski definition) is 0. The summed E-state index contributed by atoms with van der Waals surface area (Å²) in [5.41, 5.74) is 0. The Hall–Kier alpha value is -1.51. The molecule has 2 rings (SSSR count). The third-order valence-electron chi connectivity index (χ3n) is 3.55. The van der Waals surface area contributed by atoms with E-state index in [2.05, 4.69) is 13.2 Å². The summed E-state index contributed by atoms with van der Waals surface area (Å²) in [4.78, 5) is 25.9. The lowest BCUT2D eigenvalue weighted by Gasteiger charge is -2.09. The van der Waals surface area contributed by atoms with E-state index in [1.807, 2.05) is 36.4 Å². The zero-order valence-corrected chi connectivity index (χ0v) is 20.4. The molecular weight excluding hydrogens is 495 g/mol. The van der Waals surface area contributed by atoms with Gasteiger partial charge in [0.2, 0.25) is 0 Å². The topological polar surface area (TPSA) is 52.6 Å². The molecule has 0 saturated heterocycles. The summed E-state index contributed by atoms with van der Waals surface area (Å²) in [6, 6.07) is 11.7. The highest BCUT2D eigenvalue weighted by Gasteiger charge is 2.08. The molecule has 31 heavy (non-hydrogen) atoms. The molecule has 0 saturated carbocycles. The summed E-state index contributed by atoms with van der Waals surface area (Å²) in [7, 11) is 0. The maximum absolute atomic E-state index is 11.0. The van der Waals surface area contributed by atoms with Crippen molar-refractivity contribution in [3.8, 4) is 0 Å². The summed E-state index contributed by atoms with van der Waals surface area (Å²) < 4.78 is 9.92. The minimum absolute atomic E-state index is 0.294. The molecule has 0 heterocycles. The summed E-state index contributed by atoms with van der Waals surface area (Å²) in [6.07, 6.45) is 2.28. The molecule has 0 aromatic heterocycles. The highest BCUT2D eigenvalue weighted by molar-refractivity contribution is 8.00. The monoisotopic (exact) mass is 514 g/mol. The maximum Gasteiger partial charge on any atom is 0.330 e. The zero-order valence-electron chi connectivity index (χ0n) is 16.5. The van der Waals surface area contributed by atoms with Crippen molar-refractivity contribution in [2.75, 3.05) is 24.7 Å². The lowest BCUT2D eigenvalue weighted by atomic mass is 10.3. The van der Waals surface area contributed by atoms with E-state index in [0.29, 0.717) is 34.8 Å². The number of esters is 2. The third-order valence-corrected chi connectivity index (χ3v) is 7.45. The van der Waals surface area contributed by atoms with Gasteiger partial charge in [-0.2, -0.15) is 0 Å². The molecule has 0 aliphatic rings. The number of benzene rings is 2. The molecule has 0 aliphatic carbocycles. The number of carbonyl (C=O) groups excluding carboxylic acids is 2. The van der Waals surface area contributed by atoms with Crippen molar-refractivity contribution < 1.29 is 19.1 Å². The van der Waals surface area contributed by atoms with Crippen LogP contribution in [0.2, 0.25) is 10.0 Å². The third kappa shape index (κ3) is 9.25. The van der Waals surface area contributed by atoms with E-state index in [0.717, 1.165) is 31.7 Å². The van der Waals surface area contributed by atoms with Gasteiger partial charge in [0.1, 0.15) is 13.2 Å². The number of rotatable bonds is 12. The predicted octanol–water partition coefficient (Wildman–Crippen LogP) is 6.79. The first kappa shape index (κ1) is 25.7. The van der Waals surface area contributed by atoms with Crippen molar-refractivity contribution in [1.82, 2.24) is 0 Å². The maximum atomic E-state index is 11.0. The smallest absolute Gasteiger partial charge is 0.330 e. The second-order valence-corrected chi connectivity index (χ2v) is 9.96. The molecule has 0 N–H and O–H groups in total. The summed E-state index contributed by atoms with van der Waals surface area (Å²) in [5, 5.41) is 1.27. The normalized spacial score (nSPS) is 10.4. The second kappa shape index (κ2) is 13.8. The quantitative estimate of drug-likeness (QED) is 0.134. The van der Waals surface area contributed by atoms with Gasteiger partial charge in [0, 0.05) is 43.2 Å². The van der Waals surface area contributed by atoms with Crippen LogP contribution in [0.5, 0.6) is 0 Å². The van der Waals surface area contributed by atoms with Crippen LogP contribution in [0.3, 0.4) is 0 Å². The van der Waals surface area contributed by atoms with Crippen LogP contribution in [0.15, 0.2) is 81.3 Å². The van der Waals surface area contributed by atoms with Gasteiger partial charge in [-0.05, 0) is 36.4 Å². The zero-order chi connectivity index (χ0) is 22.6. The van der Waals surface area contributed by atoms with Gasteiger partial charge in [0.05, 0.1) is 10.0 Å². The summed E-state index contributed by atoms with van der Waals surface area (Å²) >= 11 is 17.4. The SMILES string of the molecule is C=CC(=O)OCCSc1ccc(Sc2ccc(SCCOC(=O)C=C)c(Cl)c2)cc1Cl. The first-order valence-electron chi connectivity index (χ1n) is 9.04. The van der Waals surface area contributed by atoms with Crippen molar-refractivity contribution in [2.24, 2.45) is 0 Å². The van der Waals surface area contributed by atoms with Crippen molar-refractivity contribution in [1.29, 1.82) is 0 Å². The van der Waals surface area contributed by atoms with Crippen LogP contribution in [0.1, 0.15) is 0 Å². The fourth-order valence-electron chi connectivity index (χ4n) is 2.17. The minimum atomic E-state index is -0.433.